The van der Waals surface area contributed by atoms with Gasteiger partial charge >= 0.3 is 11.7 Å². The number of benzene rings is 1. The summed E-state index contributed by atoms with van der Waals surface area (Å²) in [6, 6.07) is 8.93. The van der Waals surface area contributed by atoms with Crippen LogP contribution in [0.2, 0.25) is 0 Å². The van der Waals surface area contributed by atoms with Gasteiger partial charge in [-0.25, -0.2) is 9.48 Å². The lowest BCUT2D eigenvalue weighted by atomic mass is 10.2. The van der Waals surface area contributed by atoms with E-state index in [4.69, 9.17) is 9.15 Å². The third-order valence-corrected chi connectivity index (χ3v) is 3.31. The second-order valence-electron chi connectivity index (χ2n) is 5.18. The van der Waals surface area contributed by atoms with Gasteiger partial charge in [-0.15, -0.1) is 10.2 Å². The maximum atomic E-state index is 11.9. The Bertz CT molecular complexity index is 898. The summed E-state index contributed by atoms with van der Waals surface area (Å²) in [5.41, 5.74) is 0.644. The van der Waals surface area contributed by atoms with Crippen molar-refractivity contribution in [1.82, 2.24) is 30.0 Å². The Morgan fingerprint density at radius 2 is 2.04 bits per heavy atom. The van der Waals surface area contributed by atoms with Crippen LogP contribution in [0.5, 0.6) is 0 Å². The first-order valence-electron chi connectivity index (χ1n) is 7.71. The van der Waals surface area contributed by atoms with E-state index >= 15 is 0 Å². The third kappa shape index (κ3) is 3.97. The van der Waals surface area contributed by atoms with E-state index in [0.29, 0.717) is 17.9 Å². The molecule has 0 bridgehead atoms. The average molecular weight is 344 g/mol. The van der Waals surface area contributed by atoms with Gasteiger partial charge in [-0.05, 0) is 29.0 Å². The first kappa shape index (κ1) is 16.6. The summed E-state index contributed by atoms with van der Waals surface area (Å²) in [7, 11) is 0. The molecule has 1 aromatic carbocycles. The predicted molar refractivity (Wildman–Crippen MR) is 84.1 cm³/mol. The van der Waals surface area contributed by atoms with Gasteiger partial charge in [-0.3, -0.25) is 4.79 Å². The van der Waals surface area contributed by atoms with Crippen LogP contribution in [0.25, 0.3) is 11.5 Å². The van der Waals surface area contributed by atoms with Crippen LogP contribution in [0.1, 0.15) is 19.2 Å². The van der Waals surface area contributed by atoms with E-state index in [9.17, 15) is 9.59 Å². The summed E-state index contributed by atoms with van der Waals surface area (Å²) in [4.78, 5) is 23.7. The van der Waals surface area contributed by atoms with E-state index in [1.54, 1.807) is 28.9 Å². The molecule has 0 spiro atoms. The highest BCUT2D eigenvalue weighted by Gasteiger charge is 2.15. The highest BCUT2D eigenvalue weighted by Crippen LogP contribution is 2.13. The number of aromatic nitrogens is 6. The monoisotopic (exact) mass is 344 g/mol. The molecule has 2 heterocycles. The molecule has 0 fully saturated rings. The van der Waals surface area contributed by atoms with Crippen molar-refractivity contribution in [3.63, 3.8) is 0 Å². The first-order chi connectivity index (χ1) is 12.2. The van der Waals surface area contributed by atoms with E-state index in [2.05, 4.69) is 20.6 Å². The van der Waals surface area contributed by atoms with Crippen molar-refractivity contribution in [1.29, 1.82) is 0 Å². The Kier molecular flexibility index (Phi) is 4.97. The Balaban J connectivity index is 1.62. The lowest BCUT2D eigenvalue weighted by Crippen LogP contribution is -2.23. The van der Waals surface area contributed by atoms with E-state index in [0.717, 1.165) is 11.1 Å². The summed E-state index contributed by atoms with van der Waals surface area (Å²) in [6.45, 7) is 2.18. The number of carbonyl (C=O) groups excluding carboxylic acids is 1. The van der Waals surface area contributed by atoms with Crippen molar-refractivity contribution in [3.8, 4) is 11.5 Å². The molecule has 0 atom stereocenters. The van der Waals surface area contributed by atoms with Crippen molar-refractivity contribution < 1.29 is 13.9 Å². The molecular weight excluding hydrogens is 328 g/mol. The average Bonchev–Trinajstić information content (AvgIpc) is 3.21. The molecule has 0 N–H and O–H groups in total. The fraction of sp³-hybridized carbons (Fsp3) is 0.333. The highest BCUT2D eigenvalue weighted by atomic mass is 16.5. The molecule has 3 rings (SSSR count). The zero-order valence-electron chi connectivity index (χ0n) is 13.5. The molecule has 0 aliphatic rings. The molecule has 10 heteroatoms. The number of hydrogen-bond acceptors (Lipinski definition) is 8. The highest BCUT2D eigenvalue weighted by molar-refractivity contribution is 5.69. The van der Waals surface area contributed by atoms with Gasteiger partial charge in [0.05, 0.1) is 0 Å². The minimum Gasteiger partial charge on any atom is -0.456 e. The topological polar surface area (TPSA) is 118 Å². The molecule has 25 heavy (non-hydrogen) atoms. The maximum absolute atomic E-state index is 11.9. The molecule has 2 aromatic heterocycles. The van der Waals surface area contributed by atoms with Gasteiger partial charge in [-0.1, -0.05) is 25.1 Å². The zero-order valence-corrected chi connectivity index (χ0v) is 13.5. The van der Waals surface area contributed by atoms with Gasteiger partial charge in [0.1, 0.15) is 6.54 Å². The molecule has 10 nitrogen and oxygen atoms in total. The van der Waals surface area contributed by atoms with Crippen LogP contribution in [0, 0.1) is 0 Å². The molecule has 0 aliphatic carbocycles. The summed E-state index contributed by atoms with van der Waals surface area (Å²) < 4.78 is 12.6. The summed E-state index contributed by atoms with van der Waals surface area (Å²) in [5, 5.41) is 15.1. The maximum Gasteiger partial charge on any atom is 0.437 e. The van der Waals surface area contributed by atoms with Gasteiger partial charge < -0.3 is 9.15 Å². The molecule has 0 radical (unpaired) electrons. The largest absolute Gasteiger partial charge is 0.456 e. The third-order valence-electron chi connectivity index (χ3n) is 3.31. The van der Waals surface area contributed by atoms with Crippen LogP contribution in [-0.4, -0.2) is 36.0 Å². The Morgan fingerprint density at radius 1 is 1.24 bits per heavy atom. The van der Waals surface area contributed by atoms with Gasteiger partial charge in [-0.2, -0.15) is 4.68 Å². The number of ether oxygens (including phenoxy) is 1. The Morgan fingerprint density at radius 3 is 2.80 bits per heavy atom. The van der Waals surface area contributed by atoms with Crippen molar-refractivity contribution in [2.24, 2.45) is 0 Å². The molecule has 0 amide bonds. The summed E-state index contributed by atoms with van der Waals surface area (Å²) >= 11 is 0. The fourth-order valence-electron chi connectivity index (χ4n) is 2.13. The Hall–Kier alpha value is -3.30. The van der Waals surface area contributed by atoms with Crippen LogP contribution >= 0.6 is 0 Å². The zero-order chi connectivity index (χ0) is 17.6. The second-order valence-corrected chi connectivity index (χ2v) is 5.18. The van der Waals surface area contributed by atoms with E-state index < -0.39 is 11.7 Å². The normalized spacial score (nSPS) is 10.8. The quantitative estimate of drug-likeness (QED) is 0.573. The lowest BCUT2D eigenvalue weighted by Gasteiger charge is -2.04. The van der Waals surface area contributed by atoms with Crippen molar-refractivity contribution in [2.45, 2.75) is 33.0 Å². The van der Waals surface area contributed by atoms with Gasteiger partial charge in [0.2, 0.25) is 5.89 Å². The van der Waals surface area contributed by atoms with Crippen molar-refractivity contribution in [2.75, 3.05) is 0 Å². The van der Waals surface area contributed by atoms with E-state index in [1.165, 1.54) is 0 Å². The number of esters is 1. The smallest absolute Gasteiger partial charge is 0.437 e. The number of hydrogen-bond donors (Lipinski definition) is 0. The van der Waals surface area contributed by atoms with Crippen LogP contribution < -0.4 is 5.76 Å². The summed E-state index contributed by atoms with van der Waals surface area (Å²) in [5.74, 6) is -0.786. The molecule has 3 aromatic rings. The molecule has 0 unspecified atom stereocenters. The SMILES string of the molecule is CCCn1nnnc1COC(=O)Cn1nc(-c2ccccc2)oc1=O. The number of rotatable bonds is 7. The first-order valence-corrected chi connectivity index (χ1v) is 7.71. The van der Waals surface area contributed by atoms with Gasteiger partial charge in [0, 0.05) is 12.1 Å². The summed E-state index contributed by atoms with van der Waals surface area (Å²) in [6.07, 6.45) is 0.850. The number of nitrogens with zero attached hydrogens (tertiary/aromatic N) is 6. The van der Waals surface area contributed by atoms with Crippen molar-refractivity contribution >= 4 is 5.97 Å². The number of carbonyl (C=O) groups is 1. The lowest BCUT2D eigenvalue weighted by molar-refractivity contribution is -0.146. The number of aryl methyl sites for hydroxylation is 1. The molecule has 0 aliphatic heterocycles. The Labute approximate surface area is 142 Å². The van der Waals surface area contributed by atoms with Crippen LogP contribution in [-0.2, 0) is 29.2 Å². The predicted octanol–water partition coefficient (Wildman–Crippen LogP) is 0.643. The van der Waals surface area contributed by atoms with Gasteiger partial charge in [0.25, 0.3) is 0 Å². The van der Waals surface area contributed by atoms with E-state index in [-0.39, 0.29) is 19.0 Å². The molecule has 0 saturated carbocycles. The van der Waals surface area contributed by atoms with E-state index in [1.807, 2.05) is 13.0 Å². The number of tetrazole rings is 1. The standard InChI is InChI=1S/C15H16N6O4/c1-2-8-20-12(16-18-19-20)10-24-13(22)9-21-15(23)25-14(17-21)11-6-4-3-5-7-11/h3-7H,2,8-10H2,1H3. The second kappa shape index (κ2) is 7.51. The molecule has 0 saturated heterocycles. The molecular formula is C15H16N6O4. The fourth-order valence-corrected chi connectivity index (χ4v) is 2.13. The van der Waals surface area contributed by atoms with Gasteiger partial charge in [0.15, 0.2) is 12.4 Å². The van der Waals surface area contributed by atoms with Crippen LogP contribution in [0.3, 0.4) is 0 Å². The van der Waals surface area contributed by atoms with Crippen molar-refractivity contribution in [3.05, 3.63) is 46.7 Å². The minimum absolute atomic E-state index is 0.0794. The van der Waals surface area contributed by atoms with Crippen LogP contribution in [0.15, 0.2) is 39.5 Å². The minimum atomic E-state index is -0.730. The molecule has 130 valence electrons. The van der Waals surface area contributed by atoms with Crippen LogP contribution in [0.4, 0.5) is 0 Å².